The van der Waals surface area contributed by atoms with Gasteiger partial charge in [-0.15, -0.1) is 0 Å². The normalized spacial score (nSPS) is 15.1. The Morgan fingerprint density at radius 1 is 1.23 bits per heavy atom. The van der Waals surface area contributed by atoms with Gasteiger partial charge in [-0.1, -0.05) is 18.2 Å². The molecule has 1 aliphatic rings. The topological polar surface area (TPSA) is 32.3 Å². The molecule has 1 N–H and O–H groups in total. The Bertz CT molecular complexity index is 289. The largest absolute Gasteiger partial charge is 0.285 e. The summed E-state index contributed by atoms with van der Waals surface area (Å²) in [6.07, 6.45) is 0.592. The zero-order valence-corrected chi connectivity index (χ0v) is 9.66. The van der Waals surface area contributed by atoms with Gasteiger partial charge in [0.05, 0.1) is 5.69 Å². The molecule has 3 nitrogen and oxygen atoms in total. The maximum absolute atomic E-state index is 10.9. The molecule has 0 atom stereocenters. The standard InChI is InChI=1S/C9H10N2O.Na/c12-9-6-7-11(10-9)8-4-2-1-3-5-8;/h1-5H,6-7H2,(H,10,12);. The Balaban J connectivity index is 0.000000845. The number of anilines is 1. The number of benzene rings is 1. The van der Waals surface area contributed by atoms with E-state index in [0.717, 1.165) is 12.2 Å². The molecule has 63 valence electrons. The van der Waals surface area contributed by atoms with Gasteiger partial charge in [-0.05, 0) is 12.1 Å². The van der Waals surface area contributed by atoms with E-state index in [4.69, 9.17) is 0 Å². The van der Waals surface area contributed by atoms with Crippen LogP contribution in [0, 0.1) is 0 Å². The molecule has 13 heavy (non-hydrogen) atoms. The van der Waals surface area contributed by atoms with Gasteiger partial charge in [-0.2, -0.15) is 0 Å². The number of hydrazine groups is 1. The van der Waals surface area contributed by atoms with Crippen molar-refractivity contribution in [2.24, 2.45) is 0 Å². The first-order chi connectivity index (χ1) is 5.86. The van der Waals surface area contributed by atoms with Crippen LogP contribution in [-0.2, 0) is 4.79 Å². The molecule has 0 unspecified atom stereocenters. The number of rotatable bonds is 1. The monoisotopic (exact) mass is 185 g/mol. The van der Waals surface area contributed by atoms with Crippen molar-refractivity contribution in [3.05, 3.63) is 30.3 Å². The third kappa shape index (κ3) is 2.46. The fraction of sp³-hybridized carbons (Fsp3) is 0.222. The van der Waals surface area contributed by atoms with Crippen molar-refractivity contribution < 1.29 is 4.79 Å². The molecule has 1 aromatic rings. The number of amides is 1. The SMILES string of the molecule is O=C1CCN(c2ccccc2)N1.[Na]. The molecule has 1 fully saturated rings. The molecule has 0 saturated carbocycles. The van der Waals surface area contributed by atoms with Crippen LogP contribution in [0.4, 0.5) is 5.69 Å². The average molecular weight is 185 g/mol. The molecule has 1 amide bonds. The Kier molecular flexibility index (Phi) is 3.78. The van der Waals surface area contributed by atoms with E-state index in [1.54, 1.807) is 0 Å². The zero-order chi connectivity index (χ0) is 8.39. The Labute approximate surface area is 99.4 Å². The quantitative estimate of drug-likeness (QED) is 0.648. The first kappa shape index (κ1) is 10.6. The summed E-state index contributed by atoms with van der Waals surface area (Å²) >= 11 is 0. The van der Waals surface area contributed by atoms with Crippen LogP contribution in [0.15, 0.2) is 30.3 Å². The van der Waals surface area contributed by atoms with Gasteiger partial charge in [0.1, 0.15) is 0 Å². The zero-order valence-electron chi connectivity index (χ0n) is 7.66. The summed E-state index contributed by atoms with van der Waals surface area (Å²) in [7, 11) is 0. The summed E-state index contributed by atoms with van der Waals surface area (Å²) in [6.45, 7) is 0.767. The van der Waals surface area contributed by atoms with Crippen molar-refractivity contribution in [1.82, 2.24) is 5.43 Å². The second kappa shape index (κ2) is 4.65. The molecular weight excluding hydrogens is 175 g/mol. The van der Waals surface area contributed by atoms with Crippen LogP contribution in [-0.4, -0.2) is 42.0 Å². The molecule has 1 heterocycles. The molecule has 1 aromatic carbocycles. The van der Waals surface area contributed by atoms with Crippen LogP contribution >= 0.6 is 0 Å². The van der Waals surface area contributed by atoms with Gasteiger partial charge in [0, 0.05) is 42.5 Å². The third-order valence-corrected chi connectivity index (χ3v) is 1.89. The third-order valence-electron chi connectivity index (χ3n) is 1.89. The maximum Gasteiger partial charge on any atom is 0.240 e. The predicted octanol–water partition coefficient (Wildman–Crippen LogP) is 0.547. The second-order valence-electron chi connectivity index (χ2n) is 2.77. The number of carbonyl (C=O) groups is 1. The van der Waals surface area contributed by atoms with E-state index in [1.807, 2.05) is 35.3 Å². The Hall–Kier alpha value is -0.510. The summed E-state index contributed by atoms with van der Waals surface area (Å²) in [6, 6.07) is 9.83. The van der Waals surface area contributed by atoms with E-state index < -0.39 is 0 Å². The molecule has 0 aromatic heterocycles. The first-order valence-corrected chi connectivity index (χ1v) is 3.98. The van der Waals surface area contributed by atoms with Crippen molar-refractivity contribution in [2.45, 2.75) is 6.42 Å². The van der Waals surface area contributed by atoms with E-state index in [1.165, 1.54) is 0 Å². The smallest absolute Gasteiger partial charge is 0.240 e. The number of para-hydroxylation sites is 1. The number of nitrogens with zero attached hydrogens (tertiary/aromatic N) is 1. The average Bonchev–Trinajstić information content (AvgIpc) is 2.54. The van der Waals surface area contributed by atoms with Crippen LogP contribution in [0.3, 0.4) is 0 Å². The summed E-state index contributed by atoms with van der Waals surface area (Å²) < 4.78 is 0. The maximum atomic E-state index is 10.9. The second-order valence-corrected chi connectivity index (χ2v) is 2.77. The van der Waals surface area contributed by atoms with E-state index in [0.29, 0.717) is 6.42 Å². The fourth-order valence-corrected chi connectivity index (χ4v) is 1.28. The van der Waals surface area contributed by atoms with Crippen LogP contribution in [0.5, 0.6) is 0 Å². The van der Waals surface area contributed by atoms with Crippen molar-refractivity contribution in [1.29, 1.82) is 0 Å². The molecule has 0 bridgehead atoms. The molecule has 0 aliphatic carbocycles. The van der Waals surface area contributed by atoms with Gasteiger partial charge >= 0.3 is 0 Å². The van der Waals surface area contributed by atoms with Crippen molar-refractivity contribution in [3.63, 3.8) is 0 Å². The van der Waals surface area contributed by atoms with E-state index in [9.17, 15) is 4.79 Å². The van der Waals surface area contributed by atoms with Gasteiger partial charge in [0.25, 0.3) is 0 Å². The minimum atomic E-state index is 0. The summed E-state index contributed by atoms with van der Waals surface area (Å²) in [5, 5.41) is 1.86. The van der Waals surface area contributed by atoms with Crippen molar-refractivity contribution >= 4 is 41.2 Å². The van der Waals surface area contributed by atoms with Crippen LogP contribution in [0.25, 0.3) is 0 Å². The Morgan fingerprint density at radius 3 is 2.46 bits per heavy atom. The summed E-state index contributed by atoms with van der Waals surface area (Å²) in [5.41, 5.74) is 3.81. The van der Waals surface area contributed by atoms with Gasteiger partial charge < -0.3 is 0 Å². The van der Waals surface area contributed by atoms with Gasteiger partial charge in [-0.3, -0.25) is 15.2 Å². The molecular formula is C9H10N2NaO. The number of hydrogen-bond donors (Lipinski definition) is 1. The summed E-state index contributed by atoms with van der Waals surface area (Å²) in [5.74, 6) is 0.0962. The number of carbonyl (C=O) groups excluding carboxylic acids is 1. The molecule has 0 spiro atoms. The molecule has 1 aliphatic heterocycles. The van der Waals surface area contributed by atoms with E-state index in [-0.39, 0.29) is 35.5 Å². The minimum Gasteiger partial charge on any atom is -0.285 e. The number of hydrogen-bond acceptors (Lipinski definition) is 2. The Morgan fingerprint density at radius 2 is 1.92 bits per heavy atom. The molecule has 1 radical (unpaired) electrons. The van der Waals surface area contributed by atoms with Crippen LogP contribution < -0.4 is 10.4 Å². The number of nitrogens with one attached hydrogen (secondary N) is 1. The van der Waals surface area contributed by atoms with Gasteiger partial charge in [-0.25, -0.2) is 0 Å². The summed E-state index contributed by atoms with van der Waals surface area (Å²) in [4.78, 5) is 10.9. The molecule has 4 heteroatoms. The fourth-order valence-electron chi connectivity index (χ4n) is 1.28. The first-order valence-electron chi connectivity index (χ1n) is 3.98. The minimum absolute atomic E-state index is 0. The predicted molar refractivity (Wildman–Crippen MR) is 52.3 cm³/mol. The molecule has 2 rings (SSSR count). The van der Waals surface area contributed by atoms with Gasteiger partial charge in [0.2, 0.25) is 5.91 Å². The molecule has 1 saturated heterocycles. The van der Waals surface area contributed by atoms with E-state index >= 15 is 0 Å². The van der Waals surface area contributed by atoms with Crippen molar-refractivity contribution in [3.8, 4) is 0 Å². The van der Waals surface area contributed by atoms with E-state index in [2.05, 4.69) is 5.43 Å². The van der Waals surface area contributed by atoms with Crippen molar-refractivity contribution in [2.75, 3.05) is 11.6 Å². The van der Waals surface area contributed by atoms with Crippen LogP contribution in [0.1, 0.15) is 6.42 Å². The van der Waals surface area contributed by atoms with Crippen LogP contribution in [0.2, 0.25) is 0 Å². The van der Waals surface area contributed by atoms with Gasteiger partial charge in [0.15, 0.2) is 0 Å².